The normalized spacial score (nSPS) is 23.5. The van der Waals surface area contributed by atoms with Crippen molar-refractivity contribution in [2.24, 2.45) is 5.73 Å². The Morgan fingerprint density at radius 1 is 1.47 bits per heavy atom. The number of benzene rings is 1. The van der Waals surface area contributed by atoms with Crippen LogP contribution < -0.4 is 15.2 Å². The molecule has 0 heterocycles. The molecule has 0 amide bonds. The molecule has 0 bridgehead atoms. The maximum absolute atomic E-state index is 12.0. The molecular weight excluding hydrogens is 240 g/mol. The highest BCUT2D eigenvalue weighted by Gasteiger charge is 2.37. The van der Waals surface area contributed by atoms with Crippen LogP contribution in [0.3, 0.4) is 0 Å². The van der Waals surface area contributed by atoms with Crippen LogP contribution in [0.5, 0.6) is 5.75 Å². The summed E-state index contributed by atoms with van der Waals surface area (Å²) < 4.78 is 31.6. The molecule has 5 nitrogen and oxygen atoms in total. The van der Waals surface area contributed by atoms with E-state index in [9.17, 15) is 8.42 Å². The van der Waals surface area contributed by atoms with Crippen LogP contribution in [0, 0.1) is 6.92 Å². The fraction of sp³-hybridized carbons (Fsp3) is 0.455. The average molecular weight is 256 g/mol. The largest absolute Gasteiger partial charge is 0.496 e. The van der Waals surface area contributed by atoms with Gasteiger partial charge in [-0.1, -0.05) is 0 Å². The van der Waals surface area contributed by atoms with Crippen LogP contribution >= 0.6 is 0 Å². The summed E-state index contributed by atoms with van der Waals surface area (Å²) in [6, 6.07) is 4.60. The second-order valence-corrected chi connectivity index (χ2v) is 5.97. The van der Waals surface area contributed by atoms with E-state index in [0.717, 1.165) is 5.56 Å². The molecule has 1 aromatic rings. The summed E-state index contributed by atoms with van der Waals surface area (Å²) in [6.07, 6.45) is 0.703. The molecular formula is C11H16N2O3S. The lowest BCUT2D eigenvalue weighted by molar-refractivity contribution is 0.411. The number of ether oxygens (including phenoxy) is 1. The fourth-order valence-corrected chi connectivity index (χ4v) is 3.02. The Balaban J connectivity index is 2.24. The molecule has 0 aliphatic heterocycles. The van der Waals surface area contributed by atoms with E-state index in [1.807, 2.05) is 0 Å². The highest BCUT2D eigenvalue weighted by atomic mass is 32.2. The Morgan fingerprint density at radius 2 is 2.12 bits per heavy atom. The first-order chi connectivity index (χ1) is 7.94. The van der Waals surface area contributed by atoms with Crippen LogP contribution in [0.2, 0.25) is 0 Å². The lowest BCUT2D eigenvalue weighted by atomic mass is 10.2. The number of nitrogens with two attached hydrogens (primary N) is 1. The quantitative estimate of drug-likeness (QED) is 0.816. The molecule has 2 unspecified atom stereocenters. The lowest BCUT2D eigenvalue weighted by Crippen LogP contribution is -2.29. The molecule has 94 valence electrons. The minimum Gasteiger partial charge on any atom is -0.496 e. The monoisotopic (exact) mass is 256 g/mol. The smallest absolute Gasteiger partial charge is 0.240 e. The van der Waals surface area contributed by atoms with Crippen molar-refractivity contribution in [2.45, 2.75) is 30.3 Å². The highest BCUT2D eigenvalue weighted by molar-refractivity contribution is 7.89. The molecule has 0 saturated heterocycles. The molecule has 1 aliphatic carbocycles. The predicted octanol–water partition coefficient (Wildman–Crippen LogP) is 0.382. The number of hydrogen-bond acceptors (Lipinski definition) is 4. The Labute approximate surface area is 101 Å². The van der Waals surface area contributed by atoms with Gasteiger partial charge in [-0.2, -0.15) is 0 Å². The molecule has 1 saturated carbocycles. The first-order valence-corrected chi connectivity index (χ1v) is 6.85. The zero-order valence-electron chi connectivity index (χ0n) is 9.80. The van der Waals surface area contributed by atoms with E-state index in [1.54, 1.807) is 26.2 Å². The van der Waals surface area contributed by atoms with Gasteiger partial charge in [-0.15, -0.1) is 0 Å². The second-order valence-electron chi connectivity index (χ2n) is 4.26. The van der Waals surface area contributed by atoms with Crippen LogP contribution in [-0.2, 0) is 10.0 Å². The van der Waals surface area contributed by atoms with Crippen molar-refractivity contribution in [2.75, 3.05) is 7.11 Å². The van der Waals surface area contributed by atoms with E-state index in [-0.39, 0.29) is 17.0 Å². The molecule has 6 heteroatoms. The van der Waals surface area contributed by atoms with Gasteiger partial charge in [0, 0.05) is 12.1 Å². The molecule has 17 heavy (non-hydrogen) atoms. The van der Waals surface area contributed by atoms with Crippen LogP contribution in [0.25, 0.3) is 0 Å². The van der Waals surface area contributed by atoms with Crippen molar-refractivity contribution in [1.29, 1.82) is 0 Å². The SMILES string of the molecule is COc1ccc(S(=O)(=O)NC2CC2N)cc1C. The molecule has 0 spiro atoms. The third kappa shape index (κ3) is 2.59. The maximum atomic E-state index is 12.0. The van der Waals surface area contributed by atoms with E-state index in [4.69, 9.17) is 10.5 Å². The number of sulfonamides is 1. The Morgan fingerprint density at radius 3 is 2.59 bits per heavy atom. The van der Waals surface area contributed by atoms with Gasteiger partial charge >= 0.3 is 0 Å². The van der Waals surface area contributed by atoms with Gasteiger partial charge in [0.1, 0.15) is 5.75 Å². The summed E-state index contributed by atoms with van der Waals surface area (Å²) >= 11 is 0. The number of aryl methyl sites for hydroxylation is 1. The Bertz CT molecular complexity index is 528. The van der Waals surface area contributed by atoms with Gasteiger partial charge < -0.3 is 10.5 Å². The lowest BCUT2D eigenvalue weighted by Gasteiger charge is -2.09. The first kappa shape index (κ1) is 12.3. The molecule has 2 rings (SSSR count). The summed E-state index contributed by atoms with van der Waals surface area (Å²) in [5.74, 6) is 0.673. The summed E-state index contributed by atoms with van der Waals surface area (Å²) in [4.78, 5) is 0.245. The van der Waals surface area contributed by atoms with Gasteiger partial charge in [-0.05, 0) is 37.1 Å². The van der Waals surface area contributed by atoms with Gasteiger partial charge in [0.2, 0.25) is 10.0 Å². The first-order valence-electron chi connectivity index (χ1n) is 5.36. The van der Waals surface area contributed by atoms with E-state index in [0.29, 0.717) is 12.2 Å². The highest BCUT2D eigenvalue weighted by Crippen LogP contribution is 2.24. The zero-order valence-corrected chi connectivity index (χ0v) is 10.6. The van der Waals surface area contributed by atoms with E-state index < -0.39 is 10.0 Å². The fourth-order valence-electron chi connectivity index (χ4n) is 1.64. The number of nitrogens with one attached hydrogen (secondary N) is 1. The van der Waals surface area contributed by atoms with Crippen LogP contribution in [-0.4, -0.2) is 27.6 Å². The Kier molecular flexibility index (Phi) is 3.11. The summed E-state index contributed by atoms with van der Waals surface area (Å²) in [7, 11) is -1.91. The molecule has 1 aromatic carbocycles. The zero-order chi connectivity index (χ0) is 12.6. The number of methoxy groups -OCH3 is 1. The third-order valence-electron chi connectivity index (χ3n) is 2.82. The van der Waals surface area contributed by atoms with E-state index in [1.165, 1.54) is 6.07 Å². The summed E-state index contributed by atoms with van der Waals surface area (Å²) in [6.45, 7) is 1.81. The molecule has 1 aliphatic rings. The van der Waals surface area contributed by atoms with Crippen molar-refractivity contribution in [3.8, 4) is 5.75 Å². The van der Waals surface area contributed by atoms with Crippen LogP contribution in [0.4, 0.5) is 0 Å². The minimum absolute atomic E-state index is 0.0517. The number of hydrogen-bond donors (Lipinski definition) is 2. The molecule has 1 fully saturated rings. The molecule has 0 aromatic heterocycles. The van der Waals surface area contributed by atoms with Crippen molar-refractivity contribution in [3.63, 3.8) is 0 Å². The van der Waals surface area contributed by atoms with Gasteiger partial charge in [-0.3, -0.25) is 0 Å². The molecule has 0 radical (unpaired) electrons. The standard InChI is InChI=1S/C11H16N2O3S/c1-7-5-8(3-4-11(7)16-2)17(14,15)13-10-6-9(10)12/h3-5,9-10,13H,6,12H2,1-2H3. The van der Waals surface area contributed by atoms with Gasteiger partial charge in [-0.25, -0.2) is 13.1 Å². The molecule has 2 atom stereocenters. The van der Waals surface area contributed by atoms with Crippen molar-refractivity contribution in [1.82, 2.24) is 4.72 Å². The summed E-state index contributed by atoms with van der Waals surface area (Å²) in [5.41, 5.74) is 6.37. The maximum Gasteiger partial charge on any atom is 0.240 e. The van der Waals surface area contributed by atoms with Gasteiger partial charge in [0.05, 0.1) is 12.0 Å². The third-order valence-corrected chi connectivity index (χ3v) is 4.31. The average Bonchev–Trinajstić information content (AvgIpc) is 2.93. The second kappa shape index (κ2) is 4.29. The summed E-state index contributed by atoms with van der Waals surface area (Å²) in [5, 5.41) is 0. The van der Waals surface area contributed by atoms with Crippen LogP contribution in [0.1, 0.15) is 12.0 Å². The minimum atomic E-state index is -3.46. The van der Waals surface area contributed by atoms with Crippen molar-refractivity contribution < 1.29 is 13.2 Å². The molecule has 3 N–H and O–H groups in total. The topological polar surface area (TPSA) is 81.4 Å². The van der Waals surface area contributed by atoms with Crippen molar-refractivity contribution >= 4 is 10.0 Å². The van der Waals surface area contributed by atoms with Crippen molar-refractivity contribution in [3.05, 3.63) is 23.8 Å². The Hall–Kier alpha value is -1.11. The van der Waals surface area contributed by atoms with E-state index in [2.05, 4.69) is 4.72 Å². The van der Waals surface area contributed by atoms with Gasteiger partial charge in [0.25, 0.3) is 0 Å². The van der Waals surface area contributed by atoms with Crippen LogP contribution in [0.15, 0.2) is 23.1 Å². The predicted molar refractivity (Wildman–Crippen MR) is 64.4 cm³/mol. The van der Waals surface area contributed by atoms with E-state index >= 15 is 0 Å². The number of rotatable bonds is 4. The van der Waals surface area contributed by atoms with Gasteiger partial charge in [0.15, 0.2) is 0 Å².